The molecule has 0 aliphatic rings. The molecule has 0 saturated carbocycles. The average molecular weight is 411 g/mol. The zero-order chi connectivity index (χ0) is 18.5. The van der Waals surface area contributed by atoms with Crippen LogP contribution in [0.25, 0.3) is 11.3 Å². The third-order valence-electron chi connectivity index (χ3n) is 4.08. The van der Waals surface area contributed by atoms with Gasteiger partial charge in [0, 0.05) is 16.6 Å². The van der Waals surface area contributed by atoms with E-state index in [4.69, 9.17) is 0 Å². The first-order chi connectivity index (χ1) is 12.6. The number of hydrogen-bond acceptors (Lipinski definition) is 3. The molecule has 0 saturated heterocycles. The normalized spacial score (nSPS) is 10.6. The van der Waals surface area contributed by atoms with Gasteiger partial charge in [0.2, 0.25) is 0 Å². The highest BCUT2D eigenvalue weighted by Gasteiger charge is 2.11. The maximum Gasteiger partial charge on any atom is 0.253 e. The van der Waals surface area contributed by atoms with E-state index < -0.39 is 0 Å². The van der Waals surface area contributed by atoms with Crippen LogP contribution in [-0.2, 0) is 13.2 Å². The van der Waals surface area contributed by atoms with E-state index in [2.05, 4.69) is 26.2 Å². The number of nitrogens with one attached hydrogen (secondary N) is 1. The molecular formula is C21H19BrN2O2. The topological polar surface area (TPSA) is 62.2 Å². The molecule has 0 spiro atoms. The van der Waals surface area contributed by atoms with Crippen molar-refractivity contribution in [2.45, 2.75) is 20.1 Å². The van der Waals surface area contributed by atoms with E-state index in [1.54, 1.807) is 6.07 Å². The van der Waals surface area contributed by atoms with E-state index in [1.807, 2.05) is 61.5 Å². The van der Waals surface area contributed by atoms with Gasteiger partial charge in [-0.3, -0.25) is 9.78 Å². The second-order valence-electron chi connectivity index (χ2n) is 6.00. The van der Waals surface area contributed by atoms with Gasteiger partial charge in [-0.25, -0.2) is 0 Å². The van der Waals surface area contributed by atoms with Crippen molar-refractivity contribution in [1.29, 1.82) is 0 Å². The number of carbonyl (C=O) groups excluding carboxylic acids is 1. The van der Waals surface area contributed by atoms with Crippen molar-refractivity contribution in [3.8, 4) is 11.3 Å². The third-order valence-corrected chi connectivity index (χ3v) is 4.57. The number of amides is 1. The van der Waals surface area contributed by atoms with Gasteiger partial charge >= 0.3 is 0 Å². The lowest BCUT2D eigenvalue weighted by atomic mass is 10.1. The zero-order valence-electron chi connectivity index (χ0n) is 14.4. The molecule has 5 heteroatoms. The highest BCUT2D eigenvalue weighted by atomic mass is 79.9. The van der Waals surface area contributed by atoms with Crippen LogP contribution in [-0.4, -0.2) is 16.0 Å². The van der Waals surface area contributed by atoms with Gasteiger partial charge < -0.3 is 10.4 Å². The largest absolute Gasteiger partial charge is 0.392 e. The molecule has 0 aliphatic carbocycles. The summed E-state index contributed by atoms with van der Waals surface area (Å²) < 4.78 is 0.987. The highest BCUT2D eigenvalue weighted by Crippen LogP contribution is 2.22. The summed E-state index contributed by atoms with van der Waals surface area (Å²) in [6.07, 6.45) is 0. The first-order valence-electron chi connectivity index (χ1n) is 8.27. The molecular weight excluding hydrogens is 392 g/mol. The van der Waals surface area contributed by atoms with E-state index in [9.17, 15) is 9.90 Å². The number of aromatic nitrogens is 1. The molecule has 2 N–H and O–H groups in total. The van der Waals surface area contributed by atoms with Crippen molar-refractivity contribution in [3.63, 3.8) is 0 Å². The molecule has 0 aliphatic heterocycles. The van der Waals surface area contributed by atoms with E-state index in [-0.39, 0.29) is 12.5 Å². The maximum absolute atomic E-state index is 12.5. The van der Waals surface area contributed by atoms with Crippen molar-refractivity contribution in [3.05, 3.63) is 87.5 Å². The van der Waals surface area contributed by atoms with Crippen molar-refractivity contribution in [2.24, 2.45) is 0 Å². The summed E-state index contributed by atoms with van der Waals surface area (Å²) in [5, 5.41) is 12.1. The van der Waals surface area contributed by atoms with Crippen molar-refractivity contribution < 1.29 is 9.90 Å². The third kappa shape index (κ3) is 4.36. The fourth-order valence-corrected chi connectivity index (χ4v) is 3.12. The fraction of sp³-hybridized carbons (Fsp3) is 0.143. The number of aliphatic hydroxyl groups is 1. The predicted molar refractivity (Wildman–Crippen MR) is 106 cm³/mol. The quantitative estimate of drug-likeness (QED) is 0.660. The number of hydrogen-bond donors (Lipinski definition) is 2. The SMILES string of the molecule is Cc1nc(-c2cccc(Br)c2)ccc1C(=O)NCc1cccc(CO)c1. The number of pyridine rings is 1. The van der Waals surface area contributed by atoms with Crippen LogP contribution >= 0.6 is 15.9 Å². The monoisotopic (exact) mass is 410 g/mol. The van der Waals surface area contributed by atoms with Crippen LogP contribution in [0.5, 0.6) is 0 Å². The molecule has 0 unspecified atom stereocenters. The van der Waals surface area contributed by atoms with E-state index >= 15 is 0 Å². The second-order valence-corrected chi connectivity index (χ2v) is 6.92. The lowest BCUT2D eigenvalue weighted by Crippen LogP contribution is -2.24. The van der Waals surface area contributed by atoms with Gasteiger partial charge in [-0.1, -0.05) is 52.3 Å². The summed E-state index contributed by atoms with van der Waals surface area (Å²) in [6.45, 7) is 2.23. The van der Waals surface area contributed by atoms with Crippen molar-refractivity contribution >= 4 is 21.8 Å². The van der Waals surface area contributed by atoms with Crippen LogP contribution in [0.4, 0.5) is 0 Å². The van der Waals surface area contributed by atoms with Crippen LogP contribution in [0, 0.1) is 6.92 Å². The molecule has 0 atom stereocenters. The molecule has 1 heterocycles. The molecule has 3 rings (SSSR count). The van der Waals surface area contributed by atoms with Crippen molar-refractivity contribution in [2.75, 3.05) is 0 Å². The minimum Gasteiger partial charge on any atom is -0.392 e. The van der Waals surface area contributed by atoms with Crippen molar-refractivity contribution in [1.82, 2.24) is 10.3 Å². The molecule has 0 fully saturated rings. The van der Waals surface area contributed by atoms with Crippen LogP contribution in [0.15, 0.2) is 65.1 Å². The van der Waals surface area contributed by atoms with Gasteiger partial charge in [0.15, 0.2) is 0 Å². The summed E-state index contributed by atoms with van der Waals surface area (Å²) in [4.78, 5) is 17.1. The number of benzene rings is 2. The Kier molecular flexibility index (Phi) is 5.81. The predicted octanol–water partition coefficient (Wildman–Crippen LogP) is 4.24. The summed E-state index contributed by atoms with van der Waals surface area (Å²) in [5.74, 6) is -0.162. The van der Waals surface area contributed by atoms with Crippen LogP contribution in [0.3, 0.4) is 0 Å². The number of rotatable bonds is 5. The summed E-state index contributed by atoms with van der Waals surface area (Å²) in [6, 6.07) is 19.1. The number of carbonyl (C=O) groups is 1. The van der Waals surface area contributed by atoms with Gasteiger partial charge in [-0.05, 0) is 42.3 Å². The van der Waals surface area contributed by atoms with Crippen LogP contribution in [0.2, 0.25) is 0 Å². The number of nitrogens with zero attached hydrogens (tertiary/aromatic N) is 1. The Balaban J connectivity index is 1.73. The molecule has 1 aromatic heterocycles. The summed E-state index contributed by atoms with van der Waals surface area (Å²) >= 11 is 3.46. The molecule has 2 aromatic carbocycles. The summed E-state index contributed by atoms with van der Waals surface area (Å²) in [7, 11) is 0. The van der Waals surface area contributed by atoms with Crippen LogP contribution in [0.1, 0.15) is 27.2 Å². The second kappa shape index (κ2) is 8.25. The molecule has 4 nitrogen and oxygen atoms in total. The maximum atomic E-state index is 12.5. The molecule has 0 radical (unpaired) electrons. The molecule has 26 heavy (non-hydrogen) atoms. The molecule has 132 valence electrons. The highest BCUT2D eigenvalue weighted by molar-refractivity contribution is 9.10. The molecule has 3 aromatic rings. The Hall–Kier alpha value is -2.50. The zero-order valence-corrected chi connectivity index (χ0v) is 16.0. The van der Waals surface area contributed by atoms with Gasteiger partial charge in [0.05, 0.1) is 23.6 Å². The smallest absolute Gasteiger partial charge is 0.253 e. The standard InChI is InChI=1S/C21H19BrN2O2/c1-14-19(8-9-20(24-14)17-6-3-7-18(22)11-17)21(26)23-12-15-4-2-5-16(10-15)13-25/h2-11,25H,12-13H2,1H3,(H,23,26). The Bertz CT molecular complexity index is 941. The fourth-order valence-electron chi connectivity index (χ4n) is 2.73. The Labute approximate surface area is 161 Å². The minimum absolute atomic E-state index is 0.0120. The summed E-state index contributed by atoms with van der Waals surface area (Å²) in [5.41, 5.74) is 4.84. The number of aliphatic hydroxyl groups excluding tert-OH is 1. The van der Waals surface area contributed by atoms with Gasteiger partial charge in [-0.2, -0.15) is 0 Å². The van der Waals surface area contributed by atoms with Gasteiger partial charge in [-0.15, -0.1) is 0 Å². The van der Waals surface area contributed by atoms with Gasteiger partial charge in [0.1, 0.15) is 0 Å². The van der Waals surface area contributed by atoms with Crippen LogP contribution < -0.4 is 5.32 Å². The number of aryl methyl sites for hydroxylation is 1. The Morgan fingerprint density at radius 3 is 2.58 bits per heavy atom. The van der Waals surface area contributed by atoms with Gasteiger partial charge in [0.25, 0.3) is 5.91 Å². The van der Waals surface area contributed by atoms with E-state index in [0.29, 0.717) is 17.8 Å². The Morgan fingerprint density at radius 2 is 1.85 bits per heavy atom. The Morgan fingerprint density at radius 1 is 1.08 bits per heavy atom. The molecule has 1 amide bonds. The van der Waals surface area contributed by atoms with E-state index in [0.717, 1.165) is 26.9 Å². The first kappa shape index (κ1) is 18.3. The minimum atomic E-state index is -0.162. The number of halogens is 1. The van der Waals surface area contributed by atoms with E-state index in [1.165, 1.54) is 0 Å². The first-order valence-corrected chi connectivity index (χ1v) is 9.06. The lowest BCUT2D eigenvalue weighted by molar-refractivity contribution is 0.0950. The molecule has 0 bridgehead atoms. The average Bonchev–Trinajstić information content (AvgIpc) is 2.66. The lowest BCUT2D eigenvalue weighted by Gasteiger charge is -2.10.